The molecule has 0 atom stereocenters. The molecule has 0 amide bonds. The van der Waals surface area contributed by atoms with Crippen LogP contribution in [0.15, 0.2) is 18.5 Å². The van der Waals surface area contributed by atoms with E-state index in [1.165, 1.54) is 19.5 Å². The molecule has 136 valence electrons. The molecule has 0 saturated heterocycles. The second-order valence-electron chi connectivity index (χ2n) is 5.82. The monoisotopic (exact) mass is 364 g/mol. The van der Waals surface area contributed by atoms with Gasteiger partial charge in [-0.05, 0) is 25.5 Å². The van der Waals surface area contributed by atoms with Crippen molar-refractivity contribution >= 4 is 11.8 Å². The normalized spacial score (nSPS) is 10.4. The minimum absolute atomic E-state index is 0.0318. The maximum atomic E-state index is 11.5. The molecule has 3 heterocycles. The number of carboxylic acids is 1. The first-order valence-corrected chi connectivity index (χ1v) is 7.87. The van der Waals surface area contributed by atoms with E-state index >= 15 is 0 Å². The van der Waals surface area contributed by atoms with Gasteiger partial charge in [-0.1, -0.05) is 0 Å². The van der Waals surface area contributed by atoms with Gasteiger partial charge in [-0.2, -0.15) is 5.26 Å². The van der Waals surface area contributed by atoms with Crippen molar-refractivity contribution in [2.75, 3.05) is 12.8 Å². The summed E-state index contributed by atoms with van der Waals surface area (Å²) in [6, 6.07) is 3.89. The summed E-state index contributed by atoms with van der Waals surface area (Å²) in [6.45, 7) is 3.36. The van der Waals surface area contributed by atoms with E-state index in [2.05, 4.69) is 19.9 Å². The summed E-state index contributed by atoms with van der Waals surface area (Å²) in [5.41, 5.74) is 9.40. The molecule has 3 rings (SSSR count). The molecule has 3 aromatic heterocycles. The van der Waals surface area contributed by atoms with Crippen LogP contribution in [-0.2, 0) is 0 Å². The number of aromatic carboxylic acids is 1. The van der Waals surface area contributed by atoms with Crippen LogP contribution in [0.3, 0.4) is 0 Å². The molecule has 0 fully saturated rings. The van der Waals surface area contributed by atoms with Crippen LogP contribution in [0, 0.1) is 25.2 Å². The number of aromatic nitrogens is 4. The Bertz CT molecular complexity index is 1080. The predicted molar refractivity (Wildman–Crippen MR) is 97.2 cm³/mol. The molecule has 0 aliphatic carbocycles. The average Bonchev–Trinajstić information content (AvgIpc) is 2.95. The van der Waals surface area contributed by atoms with Crippen LogP contribution in [0.2, 0.25) is 0 Å². The fraction of sp³-hybridized carbons (Fsp3) is 0.167. The van der Waals surface area contributed by atoms with Crippen LogP contribution < -0.4 is 10.5 Å². The molecule has 0 unspecified atom stereocenters. The Kier molecular flexibility index (Phi) is 4.48. The van der Waals surface area contributed by atoms with E-state index in [4.69, 9.17) is 10.5 Å². The fourth-order valence-electron chi connectivity index (χ4n) is 2.93. The molecule has 3 aromatic rings. The average molecular weight is 364 g/mol. The molecule has 0 aliphatic rings. The maximum Gasteiger partial charge on any atom is 0.337 e. The Hall–Kier alpha value is -3.93. The van der Waals surface area contributed by atoms with Gasteiger partial charge in [0.25, 0.3) is 0 Å². The van der Waals surface area contributed by atoms with Gasteiger partial charge >= 0.3 is 12.0 Å². The fourth-order valence-corrected chi connectivity index (χ4v) is 2.93. The predicted octanol–water partition coefficient (Wildman–Crippen LogP) is 2.31. The number of nitrogens with two attached hydrogens (primary N) is 1. The minimum Gasteiger partial charge on any atom is -0.478 e. The van der Waals surface area contributed by atoms with E-state index in [0.717, 1.165) is 0 Å². The highest BCUT2D eigenvalue weighted by Gasteiger charge is 2.21. The zero-order valence-corrected chi connectivity index (χ0v) is 14.9. The molecule has 4 N–H and O–H groups in total. The van der Waals surface area contributed by atoms with Crippen molar-refractivity contribution in [3.8, 4) is 34.6 Å². The second kappa shape index (κ2) is 6.76. The Morgan fingerprint density at radius 3 is 2.52 bits per heavy atom. The topological polar surface area (TPSA) is 151 Å². The summed E-state index contributed by atoms with van der Waals surface area (Å²) in [7, 11) is 1.45. The van der Waals surface area contributed by atoms with Gasteiger partial charge in [-0.25, -0.2) is 19.7 Å². The number of nitrogens with zero attached hydrogens (tertiary/aromatic N) is 4. The van der Waals surface area contributed by atoms with Gasteiger partial charge in [0.15, 0.2) is 0 Å². The van der Waals surface area contributed by atoms with Crippen molar-refractivity contribution in [3.05, 3.63) is 40.8 Å². The lowest BCUT2D eigenvalue weighted by Gasteiger charge is -2.10. The van der Waals surface area contributed by atoms with Gasteiger partial charge in [0, 0.05) is 29.2 Å². The van der Waals surface area contributed by atoms with Crippen LogP contribution >= 0.6 is 0 Å². The largest absolute Gasteiger partial charge is 0.478 e. The van der Waals surface area contributed by atoms with E-state index in [1.54, 1.807) is 19.9 Å². The number of rotatable bonds is 4. The molecular formula is C18H16N6O3. The minimum atomic E-state index is -1.03. The third kappa shape index (κ3) is 3.04. The van der Waals surface area contributed by atoms with Crippen LogP contribution in [0.25, 0.3) is 22.5 Å². The first kappa shape index (κ1) is 17.9. The first-order valence-electron chi connectivity index (χ1n) is 7.87. The summed E-state index contributed by atoms with van der Waals surface area (Å²) in [6.07, 6.45) is 3.03. The third-order valence-electron chi connectivity index (χ3n) is 4.19. The first-order chi connectivity index (χ1) is 12.9. The van der Waals surface area contributed by atoms with Crippen LogP contribution in [0.5, 0.6) is 6.01 Å². The number of hydrogen-bond acceptors (Lipinski definition) is 7. The molecule has 0 aromatic carbocycles. The van der Waals surface area contributed by atoms with Gasteiger partial charge in [0.1, 0.15) is 17.5 Å². The number of nitrogen functional groups attached to an aromatic ring is 1. The van der Waals surface area contributed by atoms with Gasteiger partial charge in [0.2, 0.25) is 0 Å². The quantitative estimate of drug-likeness (QED) is 0.638. The number of anilines is 1. The van der Waals surface area contributed by atoms with E-state index < -0.39 is 5.97 Å². The molecule has 0 bridgehead atoms. The molecule has 0 spiro atoms. The van der Waals surface area contributed by atoms with Gasteiger partial charge in [-0.15, -0.1) is 0 Å². The number of aryl methyl sites for hydroxylation is 1. The summed E-state index contributed by atoms with van der Waals surface area (Å²) in [5, 5.41) is 18.9. The summed E-state index contributed by atoms with van der Waals surface area (Å²) in [5.74, 6) is -0.998. The van der Waals surface area contributed by atoms with Crippen LogP contribution in [-0.4, -0.2) is 38.1 Å². The van der Waals surface area contributed by atoms with Crippen molar-refractivity contribution in [2.24, 2.45) is 0 Å². The standard InChI is InChI=1S/C18H16N6O3/c1-8-14(17(25)26)9(2)23-15(8)13-4-11(12(5-19)16(20)24-13)10-6-21-18(27-3)22-7-10/h4,6-7,23H,1-3H3,(H2,20,24)(H,25,26). The number of pyridine rings is 1. The van der Waals surface area contributed by atoms with Gasteiger partial charge in [-0.3, -0.25) is 0 Å². The van der Waals surface area contributed by atoms with Gasteiger partial charge in [0.05, 0.1) is 24.1 Å². The number of methoxy groups -OCH3 is 1. The smallest absolute Gasteiger partial charge is 0.337 e. The lowest BCUT2D eigenvalue weighted by Crippen LogP contribution is -2.02. The molecule has 9 nitrogen and oxygen atoms in total. The number of ether oxygens (including phenoxy) is 1. The zero-order chi connectivity index (χ0) is 19.7. The molecule has 27 heavy (non-hydrogen) atoms. The second-order valence-corrected chi connectivity index (χ2v) is 5.82. The van der Waals surface area contributed by atoms with Crippen molar-refractivity contribution in [2.45, 2.75) is 13.8 Å². The van der Waals surface area contributed by atoms with Crippen molar-refractivity contribution in [3.63, 3.8) is 0 Å². The lowest BCUT2D eigenvalue weighted by molar-refractivity contribution is 0.0695. The number of nitriles is 1. The lowest BCUT2D eigenvalue weighted by atomic mass is 10.0. The van der Waals surface area contributed by atoms with Crippen LogP contribution in [0.1, 0.15) is 27.2 Å². The van der Waals surface area contributed by atoms with Crippen molar-refractivity contribution in [1.29, 1.82) is 5.26 Å². The third-order valence-corrected chi connectivity index (χ3v) is 4.19. The van der Waals surface area contributed by atoms with Crippen LogP contribution in [0.4, 0.5) is 5.82 Å². The van der Waals surface area contributed by atoms with E-state index in [-0.39, 0.29) is 23.0 Å². The Morgan fingerprint density at radius 1 is 1.33 bits per heavy atom. The molecule has 9 heteroatoms. The number of carboxylic acid groups (broad SMARTS) is 1. The Morgan fingerprint density at radius 2 is 2.00 bits per heavy atom. The van der Waals surface area contributed by atoms with Crippen molar-refractivity contribution < 1.29 is 14.6 Å². The number of carbonyl (C=O) groups is 1. The van der Waals surface area contributed by atoms with E-state index in [9.17, 15) is 15.2 Å². The Balaban J connectivity index is 2.23. The summed E-state index contributed by atoms with van der Waals surface area (Å²) >= 11 is 0. The molecule has 0 saturated carbocycles. The highest BCUT2D eigenvalue weighted by atomic mass is 16.5. The van der Waals surface area contributed by atoms with E-state index in [0.29, 0.717) is 33.8 Å². The number of H-pyrrole nitrogens is 1. The van der Waals surface area contributed by atoms with E-state index in [1.807, 2.05) is 6.07 Å². The SMILES string of the molecule is COc1ncc(-c2cc(-c3[nH]c(C)c(C(=O)O)c3C)nc(N)c2C#N)cn1. The molecular weight excluding hydrogens is 348 g/mol. The molecule has 0 aliphatic heterocycles. The highest BCUT2D eigenvalue weighted by molar-refractivity contribution is 5.93. The number of hydrogen-bond donors (Lipinski definition) is 3. The number of aromatic amines is 1. The number of nitrogens with one attached hydrogen (secondary N) is 1. The zero-order valence-electron chi connectivity index (χ0n) is 14.9. The maximum absolute atomic E-state index is 11.5. The Labute approximate surface area is 154 Å². The van der Waals surface area contributed by atoms with Gasteiger partial charge < -0.3 is 20.6 Å². The van der Waals surface area contributed by atoms with Crippen molar-refractivity contribution in [1.82, 2.24) is 19.9 Å². The highest BCUT2D eigenvalue weighted by Crippen LogP contribution is 2.33. The summed E-state index contributed by atoms with van der Waals surface area (Å²) < 4.78 is 4.95. The summed E-state index contributed by atoms with van der Waals surface area (Å²) in [4.78, 5) is 26.9. The molecule has 0 radical (unpaired) electrons.